The van der Waals surface area contributed by atoms with Crippen LogP contribution >= 0.6 is 24.4 Å². The number of methoxy groups -OCH3 is 2. The maximum Gasteiger partial charge on any atom is 0.411 e. The number of benzene rings is 2. The Morgan fingerprint density at radius 3 is 2.27 bits per heavy atom. The second kappa shape index (κ2) is 10.8. The van der Waals surface area contributed by atoms with Crippen LogP contribution in [0.5, 0.6) is 11.5 Å². The van der Waals surface area contributed by atoms with Crippen LogP contribution < -0.4 is 24.4 Å². The maximum atomic E-state index is 12.6. The third kappa shape index (κ3) is 6.36. The Labute approximate surface area is 186 Å². The lowest BCUT2D eigenvalue weighted by molar-refractivity contribution is 0.147. The molecule has 30 heavy (non-hydrogen) atoms. The molecule has 0 atom stereocenters. The Morgan fingerprint density at radius 1 is 1.07 bits per heavy atom. The molecule has 3 amide bonds. The average molecular weight is 454 g/mol. The second-order valence-electron chi connectivity index (χ2n) is 6.59. The van der Waals surface area contributed by atoms with Crippen molar-refractivity contribution in [2.24, 2.45) is 5.92 Å². The highest BCUT2D eigenvalue weighted by Crippen LogP contribution is 2.36. The first kappa shape index (κ1) is 23.5. The molecule has 2 aromatic rings. The van der Waals surface area contributed by atoms with Gasteiger partial charge in [-0.3, -0.25) is 5.32 Å². The van der Waals surface area contributed by atoms with E-state index in [9.17, 15) is 9.59 Å². The van der Waals surface area contributed by atoms with Gasteiger partial charge in [-0.15, -0.1) is 0 Å². The first-order chi connectivity index (χ1) is 14.2. The molecule has 0 heterocycles. The molecule has 162 valence electrons. The van der Waals surface area contributed by atoms with Crippen LogP contribution in [-0.4, -0.2) is 33.0 Å². The Balaban J connectivity index is 2.04. The van der Waals surface area contributed by atoms with E-state index in [1.54, 1.807) is 30.3 Å². The molecule has 0 aliphatic carbocycles. The van der Waals surface area contributed by atoms with E-state index in [4.69, 9.17) is 25.8 Å². The summed E-state index contributed by atoms with van der Waals surface area (Å²) in [7, 11) is 2.95. The average Bonchev–Trinajstić information content (AvgIpc) is 2.72. The zero-order valence-electron chi connectivity index (χ0n) is 17.1. The van der Waals surface area contributed by atoms with E-state index in [1.807, 2.05) is 13.8 Å². The lowest BCUT2D eigenvalue weighted by Crippen LogP contribution is -2.27. The van der Waals surface area contributed by atoms with Crippen molar-refractivity contribution in [3.05, 3.63) is 41.4 Å². The number of nitrogens with one attached hydrogen (secondary N) is 2. The SMILES string of the molecule is COc1cc(OC)c(NC(=O)N(S)c2ccc(NC(=O)OCC(C)C)cc2)cc1Cl. The van der Waals surface area contributed by atoms with Gasteiger partial charge in [0.25, 0.3) is 0 Å². The predicted octanol–water partition coefficient (Wildman–Crippen LogP) is 5.45. The third-order valence-electron chi connectivity index (χ3n) is 3.81. The summed E-state index contributed by atoms with van der Waals surface area (Å²) in [5.41, 5.74) is 1.37. The first-order valence-corrected chi connectivity index (χ1v) is 9.78. The summed E-state index contributed by atoms with van der Waals surface area (Å²) < 4.78 is 16.6. The van der Waals surface area contributed by atoms with E-state index in [0.717, 1.165) is 4.31 Å². The lowest BCUT2D eigenvalue weighted by Gasteiger charge is -2.19. The number of ether oxygens (including phenoxy) is 3. The number of nitrogens with zero attached hydrogens (tertiary/aromatic N) is 1. The Kier molecular flexibility index (Phi) is 8.49. The van der Waals surface area contributed by atoms with E-state index in [2.05, 4.69) is 23.4 Å². The lowest BCUT2D eigenvalue weighted by atomic mass is 10.2. The van der Waals surface area contributed by atoms with Crippen LogP contribution in [0.25, 0.3) is 0 Å². The highest BCUT2D eigenvalue weighted by atomic mass is 35.5. The highest BCUT2D eigenvalue weighted by molar-refractivity contribution is 7.82. The molecule has 0 saturated heterocycles. The summed E-state index contributed by atoms with van der Waals surface area (Å²) in [6.45, 7) is 4.22. The molecule has 2 N–H and O–H groups in total. The normalized spacial score (nSPS) is 10.4. The van der Waals surface area contributed by atoms with Gasteiger partial charge in [0.05, 0.1) is 37.2 Å². The maximum absolute atomic E-state index is 12.6. The summed E-state index contributed by atoms with van der Waals surface area (Å²) in [6, 6.07) is 9.08. The van der Waals surface area contributed by atoms with E-state index >= 15 is 0 Å². The van der Waals surface area contributed by atoms with Crippen LogP contribution in [-0.2, 0) is 4.74 Å². The molecule has 0 unspecified atom stereocenters. The minimum atomic E-state index is -0.541. The predicted molar refractivity (Wildman–Crippen MR) is 121 cm³/mol. The van der Waals surface area contributed by atoms with Crippen molar-refractivity contribution in [3.63, 3.8) is 0 Å². The molecule has 10 heteroatoms. The number of hydrogen-bond acceptors (Lipinski definition) is 6. The van der Waals surface area contributed by atoms with Gasteiger partial charge in [0.1, 0.15) is 11.5 Å². The second-order valence-corrected chi connectivity index (χ2v) is 7.40. The van der Waals surface area contributed by atoms with Crippen molar-refractivity contribution in [1.29, 1.82) is 0 Å². The molecule has 0 saturated carbocycles. The number of halogens is 1. The number of carbonyl (C=O) groups excluding carboxylic acids is 2. The number of thiol groups is 1. The van der Waals surface area contributed by atoms with Gasteiger partial charge >= 0.3 is 12.1 Å². The van der Waals surface area contributed by atoms with Gasteiger partial charge < -0.3 is 19.5 Å². The van der Waals surface area contributed by atoms with Crippen LogP contribution in [0.3, 0.4) is 0 Å². The molecule has 0 radical (unpaired) electrons. The Hall–Kier alpha value is -2.78. The molecular formula is C20H24ClN3O5S. The number of hydrogen-bond donors (Lipinski definition) is 3. The third-order valence-corrected chi connectivity index (χ3v) is 4.52. The minimum Gasteiger partial charge on any atom is -0.495 e. The molecule has 0 aliphatic rings. The van der Waals surface area contributed by atoms with Crippen LogP contribution in [0.4, 0.5) is 26.7 Å². The number of carbonyl (C=O) groups is 2. The van der Waals surface area contributed by atoms with Crippen LogP contribution in [0.1, 0.15) is 13.8 Å². The van der Waals surface area contributed by atoms with Crippen LogP contribution in [0, 0.1) is 5.92 Å². The van der Waals surface area contributed by atoms with Gasteiger partial charge in [-0.1, -0.05) is 38.3 Å². The summed E-state index contributed by atoms with van der Waals surface area (Å²) >= 11 is 10.4. The standard InChI is InChI=1S/C20H24ClN3O5S/c1-12(2)11-29-20(26)22-13-5-7-14(8-6-13)24(30)19(25)23-16-9-15(21)17(27-3)10-18(16)28-4/h5-10,12,30H,11H2,1-4H3,(H,22,26)(H,23,25). The van der Waals surface area contributed by atoms with Gasteiger partial charge in [0.2, 0.25) is 0 Å². The van der Waals surface area contributed by atoms with E-state index in [-0.39, 0.29) is 5.92 Å². The van der Waals surface area contributed by atoms with Crippen molar-refractivity contribution in [1.82, 2.24) is 0 Å². The zero-order chi connectivity index (χ0) is 22.3. The molecule has 8 nitrogen and oxygen atoms in total. The molecular weight excluding hydrogens is 430 g/mol. The summed E-state index contributed by atoms with van der Waals surface area (Å²) in [6.07, 6.45) is -0.541. The molecule has 2 aromatic carbocycles. The first-order valence-electron chi connectivity index (χ1n) is 9.00. The van der Waals surface area contributed by atoms with Crippen LogP contribution in [0.2, 0.25) is 5.02 Å². The summed E-state index contributed by atoms with van der Waals surface area (Å²) in [5, 5.41) is 5.62. The fraction of sp³-hybridized carbons (Fsp3) is 0.300. The van der Waals surface area contributed by atoms with Gasteiger partial charge in [-0.2, -0.15) is 0 Å². The zero-order valence-corrected chi connectivity index (χ0v) is 18.7. The van der Waals surface area contributed by atoms with E-state index in [0.29, 0.717) is 40.2 Å². The highest BCUT2D eigenvalue weighted by Gasteiger charge is 2.17. The Morgan fingerprint density at radius 2 is 1.70 bits per heavy atom. The summed E-state index contributed by atoms with van der Waals surface area (Å²) in [5.74, 6) is 1.05. The molecule has 0 bridgehead atoms. The van der Waals surface area contributed by atoms with Gasteiger partial charge in [-0.25, -0.2) is 13.9 Å². The smallest absolute Gasteiger partial charge is 0.411 e. The monoisotopic (exact) mass is 453 g/mol. The summed E-state index contributed by atoms with van der Waals surface area (Å²) in [4.78, 5) is 24.3. The fourth-order valence-corrected chi connectivity index (χ4v) is 2.75. The van der Waals surface area contributed by atoms with Gasteiger partial charge in [0, 0.05) is 11.8 Å². The van der Waals surface area contributed by atoms with E-state index in [1.165, 1.54) is 20.3 Å². The van der Waals surface area contributed by atoms with E-state index < -0.39 is 12.1 Å². The number of urea groups is 1. The van der Waals surface area contributed by atoms with Crippen LogP contribution in [0.15, 0.2) is 36.4 Å². The number of amides is 3. The molecule has 2 rings (SSSR count). The van der Waals surface area contributed by atoms with Crippen molar-refractivity contribution in [2.75, 3.05) is 35.8 Å². The van der Waals surface area contributed by atoms with Gasteiger partial charge in [-0.05, 0) is 36.2 Å². The molecule has 0 spiro atoms. The number of rotatable bonds is 7. The Bertz CT molecular complexity index is 893. The number of anilines is 3. The minimum absolute atomic E-state index is 0.244. The van der Waals surface area contributed by atoms with Crippen molar-refractivity contribution >= 4 is 53.6 Å². The molecule has 0 aromatic heterocycles. The van der Waals surface area contributed by atoms with Gasteiger partial charge in [0.15, 0.2) is 0 Å². The van der Waals surface area contributed by atoms with Crippen molar-refractivity contribution < 1.29 is 23.8 Å². The largest absolute Gasteiger partial charge is 0.495 e. The topological polar surface area (TPSA) is 89.1 Å². The quantitative estimate of drug-likeness (QED) is 0.485. The fourth-order valence-electron chi connectivity index (χ4n) is 2.33. The van der Waals surface area contributed by atoms with Crippen molar-refractivity contribution in [2.45, 2.75) is 13.8 Å². The molecule has 0 aliphatic heterocycles. The molecule has 0 fully saturated rings. The van der Waals surface area contributed by atoms with Crippen molar-refractivity contribution in [3.8, 4) is 11.5 Å².